The summed E-state index contributed by atoms with van der Waals surface area (Å²) in [6, 6.07) is 3.31. The van der Waals surface area contributed by atoms with E-state index < -0.39 is 12.1 Å². The van der Waals surface area contributed by atoms with Crippen molar-refractivity contribution in [2.75, 3.05) is 6.54 Å². The van der Waals surface area contributed by atoms with Gasteiger partial charge in [-0.3, -0.25) is 4.79 Å². The lowest BCUT2D eigenvalue weighted by Crippen LogP contribution is -2.33. The second-order valence-electron chi connectivity index (χ2n) is 7.20. The van der Waals surface area contributed by atoms with Crippen LogP contribution in [-0.2, 0) is 12.7 Å². The van der Waals surface area contributed by atoms with Gasteiger partial charge in [-0.05, 0) is 17.5 Å². The van der Waals surface area contributed by atoms with Gasteiger partial charge in [0.05, 0.1) is 11.4 Å². The third-order valence-electron chi connectivity index (χ3n) is 3.39. The summed E-state index contributed by atoms with van der Waals surface area (Å²) in [7, 11) is 0. The van der Waals surface area contributed by atoms with E-state index >= 15 is 0 Å². The molecule has 0 aliphatic heterocycles. The van der Waals surface area contributed by atoms with Crippen molar-refractivity contribution in [2.45, 2.75) is 33.5 Å². The Hall–Kier alpha value is -2.76. The molecule has 3 aromatic heterocycles. The Bertz CT molecular complexity index is 970. The zero-order chi connectivity index (χ0) is 20.5. The Balaban J connectivity index is 1.65. The van der Waals surface area contributed by atoms with Crippen LogP contribution >= 0.6 is 11.3 Å². The Labute approximate surface area is 161 Å². The van der Waals surface area contributed by atoms with Crippen LogP contribution in [0.5, 0.6) is 0 Å². The molecule has 3 aromatic rings. The van der Waals surface area contributed by atoms with Crippen LogP contribution in [0.15, 0.2) is 23.0 Å². The van der Waals surface area contributed by atoms with Crippen molar-refractivity contribution in [3.63, 3.8) is 0 Å². The molecule has 0 aliphatic carbocycles. The lowest BCUT2D eigenvalue weighted by molar-refractivity contribution is -0.159. The number of carbonyl (C=O) groups is 1. The molecule has 0 fully saturated rings. The molecule has 3 rings (SSSR count). The van der Waals surface area contributed by atoms with Crippen molar-refractivity contribution >= 4 is 17.2 Å². The predicted octanol–water partition coefficient (Wildman–Crippen LogP) is 3.23. The molecule has 8 nitrogen and oxygen atoms in total. The minimum Gasteiger partial charge on any atom is -0.349 e. The van der Waals surface area contributed by atoms with E-state index in [1.807, 2.05) is 20.8 Å². The summed E-state index contributed by atoms with van der Waals surface area (Å²) in [6.07, 6.45) is -3.27. The molecular formula is C16H17F3N6O2S. The van der Waals surface area contributed by atoms with Crippen LogP contribution < -0.4 is 5.32 Å². The highest BCUT2D eigenvalue weighted by molar-refractivity contribution is 7.15. The molecule has 1 amide bonds. The van der Waals surface area contributed by atoms with Crippen LogP contribution in [0, 0.1) is 5.41 Å². The maximum atomic E-state index is 12.6. The summed E-state index contributed by atoms with van der Waals surface area (Å²) in [5.41, 5.74) is -0.0628. The number of amides is 1. The molecule has 28 heavy (non-hydrogen) atoms. The summed E-state index contributed by atoms with van der Waals surface area (Å²) in [6.45, 7) is 6.77. The van der Waals surface area contributed by atoms with Crippen LogP contribution in [0.3, 0.4) is 0 Å². The smallest absolute Gasteiger partial charge is 0.349 e. The number of nitrogens with one attached hydrogen (secondary N) is 1. The Morgan fingerprint density at radius 3 is 2.68 bits per heavy atom. The maximum Gasteiger partial charge on any atom is 0.471 e. The van der Waals surface area contributed by atoms with Gasteiger partial charge in [-0.2, -0.15) is 18.2 Å². The van der Waals surface area contributed by atoms with Gasteiger partial charge in [0.25, 0.3) is 5.91 Å². The highest BCUT2D eigenvalue weighted by Crippen LogP contribution is 2.31. The van der Waals surface area contributed by atoms with Gasteiger partial charge in [0, 0.05) is 11.4 Å². The van der Waals surface area contributed by atoms with Crippen molar-refractivity contribution in [1.29, 1.82) is 0 Å². The van der Waals surface area contributed by atoms with Crippen LogP contribution in [-0.4, -0.2) is 37.4 Å². The first-order valence-electron chi connectivity index (χ1n) is 8.19. The molecule has 150 valence electrons. The SMILES string of the molecule is CC(C)(C)CNC(=O)c1ncn(Cc2ccc(-c3noc(C(F)(F)F)n3)s2)n1. The van der Waals surface area contributed by atoms with E-state index in [1.165, 1.54) is 22.3 Å². The van der Waals surface area contributed by atoms with E-state index in [1.54, 1.807) is 12.1 Å². The molecule has 0 saturated carbocycles. The largest absolute Gasteiger partial charge is 0.471 e. The molecule has 0 atom stereocenters. The van der Waals surface area contributed by atoms with Gasteiger partial charge in [0.2, 0.25) is 11.6 Å². The predicted molar refractivity (Wildman–Crippen MR) is 93.5 cm³/mol. The monoisotopic (exact) mass is 414 g/mol. The Morgan fingerprint density at radius 1 is 1.29 bits per heavy atom. The summed E-state index contributed by atoms with van der Waals surface area (Å²) in [5.74, 6) is -1.84. The molecule has 0 radical (unpaired) electrons. The fraction of sp³-hybridized carbons (Fsp3) is 0.438. The molecule has 3 heterocycles. The molecule has 0 spiro atoms. The van der Waals surface area contributed by atoms with Crippen molar-refractivity contribution in [3.8, 4) is 10.7 Å². The van der Waals surface area contributed by atoms with E-state index in [2.05, 4.69) is 30.1 Å². The highest BCUT2D eigenvalue weighted by atomic mass is 32.1. The third kappa shape index (κ3) is 4.94. The second kappa shape index (κ2) is 7.34. The van der Waals surface area contributed by atoms with Crippen molar-refractivity contribution in [3.05, 3.63) is 35.1 Å². The van der Waals surface area contributed by atoms with Crippen LogP contribution in [0.1, 0.15) is 42.2 Å². The van der Waals surface area contributed by atoms with E-state index in [0.717, 1.165) is 4.88 Å². The first kappa shape index (κ1) is 20.0. The van der Waals surface area contributed by atoms with Crippen LogP contribution in [0.2, 0.25) is 0 Å². The molecule has 0 aromatic carbocycles. The number of hydrogen-bond donors (Lipinski definition) is 1. The normalized spacial score (nSPS) is 12.4. The zero-order valence-electron chi connectivity index (χ0n) is 15.2. The van der Waals surface area contributed by atoms with Gasteiger partial charge >= 0.3 is 12.1 Å². The van der Waals surface area contributed by atoms with E-state index in [0.29, 0.717) is 18.0 Å². The van der Waals surface area contributed by atoms with Gasteiger partial charge in [-0.1, -0.05) is 25.9 Å². The minimum absolute atomic E-state index is 0.0500. The summed E-state index contributed by atoms with van der Waals surface area (Å²) < 4.78 is 43.4. The van der Waals surface area contributed by atoms with Crippen LogP contribution in [0.25, 0.3) is 10.7 Å². The number of thiophene rings is 1. The van der Waals surface area contributed by atoms with Gasteiger partial charge in [-0.15, -0.1) is 16.4 Å². The van der Waals surface area contributed by atoms with Crippen molar-refractivity contribution < 1.29 is 22.5 Å². The van der Waals surface area contributed by atoms with Crippen molar-refractivity contribution in [1.82, 2.24) is 30.2 Å². The lowest BCUT2D eigenvalue weighted by Gasteiger charge is -2.17. The maximum absolute atomic E-state index is 12.6. The van der Waals surface area contributed by atoms with E-state index in [9.17, 15) is 18.0 Å². The fourth-order valence-corrected chi connectivity index (χ4v) is 3.01. The number of carbonyl (C=O) groups excluding carboxylic acids is 1. The van der Waals surface area contributed by atoms with Crippen molar-refractivity contribution in [2.24, 2.45) is 5.41 Å². The lowest BCUT2D eigenvalue weighted by atomic mass is 9.97. The van der Waals surface area contributed by atoms with Gasteiger partial charge in [0.15, 0.2) is 0 Å². The summed E-state index contributed by atoms with van der Waals surface area (Å²) in [5, 5.41) is 10.2. The number of nitrogens with zero attached hydrogens (tertiary/aromatic N) is 5. The zero-order valence-corrected chi connectivity index (χ0v) is 16.1. The molecule has 0 bridgehead atoms. The van der Waals surface area contributed by atoms with E-state index in [-0.39, 0.29) is 23.0 Å². The summed E-state index contributed by atoms with van der Waals surface area (Å²) >= 11 is 1.19. The van der Waals surface area contributed by atoms with Gasteiger partial charge in [0.1, 0.15) is 6.33 Å². The third-order valence-corrected chi connectivity index (χ3v) is 4.45. The first-order valence-corrected chi connectivity index (χ1v) is 9.00. The second-order valence-corrected chi connectivity index (χ2v) is 8.36. The minimum atomic E-state index is -4.68. The average molecular weight is 414 g/mol. The number of aromatic nitrogens is 5. The van der Waals surface area contributed by atoms with Crippen LogP contribution in [0.4, 0.5) is 13.2 Å². The Kier molecular flexibility index (Phi) is 5.24. The van der Waals surface area contributed by atoms with Gasteiger partial charge < -0.3 is 9.84 Å². The quantitative estimate of drug-likeness (QED) is 0.688. The average Bonchev–Trinajstić information content (AvgIpc) is 3.31. The fourth-order valence-electron chi connectivity index (χ4n) is 2.08. The molecule has 0 aliphatic rings. The van der Waals surface area contributed by atoms with E-state index in [4.69, 9.17) is 0 Å². The highest BCUT2D eigenvalue weighted by Gasteiger charge is 2.38. The molecular weight excluding hydrogens is 397 g/mol. The number of halogens is 3. The first-order chi connectivity index (χ1) is 13.0. The number of alkyl halides is 3. The number of rotatable bonds is 5. The standard InChI is InChI=1S/C16H17F3N6O2S/c1-15(2,3)7-20-13(26)12-21-8-25(23-12)6-9-4-5-10(28-9)11-22-14(27-24-11)16(17,18)19/h4-5,8H,6-7H2,1-3H3,(H,20,26). The molecule has 1 N–H and O–H groups in total. The molecule has 0 saturated heterocycles. The molecule has 12 heteroatoms. The number of hydrogen-bond acceptors (Lipinski definition) is 7. The Morgan fingerprint density at radius 2 is 2.04 bits per heavy atom. The summed E-state index contributed by atoms with van der Waals surface area (Å²) in [4.78, 5) is 20.6. The molecule has 0 unspecified atom stereocenters. The van der Waals surface area contributed by atoms with Gasteiger partial charge in [-0.25, -0.2) is 9.67 Å². The topological polar surface area (TPSA) is 98.7 Å².